The van der Waals surface area contributed by atoms with Gasteiger partial charge in [-0.2, -0.15) is 0 Å². The number of aromatic nitrogens is 3. The van der Waals surface area contributed by atoms with Gasteiger partial charge in [0.25, 0.3) is 5.91 Å². The van der Waals surface area contributed by atoms with E-state index in [1.165, 1.54) is 12.4 Å². The molecule has 1 aromatic carbocycles. The normalized spacial score (nSPS) is 10.4. The average Bonchev–Trinajstić information content (AvgIpc) is 2.49. The van der Waals surface area contributed by atoms with E-state index in [1.807, 2.05) is 37.3 Å². The third-order valence-electron chi connectivity index (χ3n) is 2.88. The zero-order valence-corrected chi connectivity index (χ0v) is 10.9. The number of anilines is 1. The maximum Gasteiger partial charge on any atom is 0.293 e. The predicted molar refractivity (Wildman–Crippen MR) is 76.5 cm³/mol. The zero-order chi connectivity index (χ0) is 13.9. The number of fused-ring (bicyclic) bond motifs is 1. The zero-order valence-electron chi connectivity index (χ0n) is 10.9. The van der Waals surface area contributed by atoms with Crippen LogP contribution >= 0.6 is 0 Å². The topological polar surface area (TPSA) is 67.8 Å². The largest absolute Gasteiger partial charge is 0.317 e. The van der Waals surface area contributed by atoms with E-state index in [9.17, 15) is 4.79 Å². The molecule has 1 N–H and O–H groups in total. The molecule has 0 aliphatic heterocycles. The monoisotopic (exact) mass is 264 g/mol. The molecule has 2 heterocycles. The standard InChI is InChI=1S/C15H12N4O/c1-10-6-7-11-4-2-5-12(13(11)18-10)19-15(20)14-16-8-3-9-17-14/h2-9H,1H3,(H,19,20). The molecule has 20 heavy (non-hydrogen) atoms. The number of para-hydroxylation sites is 1. The molecule has 0 bridgehead atoms. The van der Waals surface area contributed by atoms with Crippen molar-refractivity contribution in [3.8, 4) is 0 Å². The van der Waals surface area contributed by atoms with Crippen molar-refractivity contribution >= 4 is 22.5 Å². The Morgan fingerprint density at radius 3 is 2.65 bits per heavy atom. The number of rotatable bonds is 2. The van der Waals surface area contributed by atoms with Gasteiger partial charge in [0.05, 0.1) is 11.2 Å². The van der Waals surface area contributed by atoms with Crippen molar-refractivity contribution in [2.45, 2.75) is 6.92 Å². The molecule has 3 rings (SSSR count). The summed E-state index contributed by atoms with van der Waals surface area (Å²) in [6.07, 6.45) is 3.07. The van der Waals surface area contributed by atoms with Gasteiger partial charge in [0.15, 0.2) is 0 Å². The van der Waals surface area contributed by atoms with Gasteiger partial charge in [-0.25, -0.2) is 9.97 Å². The molecule has 0 fully saturated rings. The Morgan fingerprint density at radius 2 is 1.85 bits per heavy atom. The van der Waals surface area contributed by atoms with E-state index in [0.717, 1.165) is 16.6 Å². The fourth-order valence-electron chi connectivity index (χ4n) is 1.94. The number of nitrogens with zero attached hydrogens (tertiary/aromatic N) is 3. The van der Waals surface area contributed by atoms with E-state index in [1.54, 1.807) is 6.07 Å². The summed E-state index contributed by atoms with van der Waals surface area (Å²) < 4.78 is 0. The number of carbonyl (C=O) groups is 1. The molecule has 0 aliphatic rings. The molecule has 0 saturated heterocycles. The van der Waals surface area contributed by atoms with Crippen molar-refractivity contribution in [3.63, 3.8) is 0 Å². The molecule has 0 unspecified atom stereocenters. The summed E-state index contributed by atoms with van der Waals surface area (Å²) in [7, 11) is 0. The molecule has 3 aromatic rings. The molecule has 5 nitrogen and oxygen atoms in total. The summed E-state index contributed by atoms with van der Waals surface area (Å²) >= 11 is 0. The second-order valence-electron chi connectivity index (χ2n) is 4.36. The van der Waals surface area contributed by atoms with Gasteiger partial charge < -0.3 is 5.32 Å². The number of amides is 1. The Labute approximate surface area is 115 Å². The minimum absolute atomic E-state index is 0.136. The lowest BCUT2D eigenvalue weighted by Crippen LogP contribution is -2.15. The number of hydrogen-bond donors (Lipinski definition) is 1. The predicted octanol–water partition coefficient (Wildman–Crippen LogP) is 2.59. The first kappa shape index (κ1) is 12.2. The number of aryl methyl sites for hydroxylation is 1. The maximum absolute atomic E-state index is 12.1. The molecule has 2 aromatic heterocycles. The third kappa shape index (κ3) is 2.33. The Hall–Kier alpha value is -2.82. The van der Waals surface area contributed by atoms with Gasteiger partial charge in [0.1, 0.15) is 0 Å². The summed E-state index contributed by atoms with van der Waals surface area (Å²) in [5.41, 5.74) is 2.32. The Kier molecular flexibility index (Phi) is 3.09. The number of pyridine rings is 1. The summed E-state index contributed by atoms with van der Waals surface area (Å²) in [5, 5.41) is 3.78. The molecule has 1 amide bonds. The second kappa shape index (κ2) is 5.05. The molecule has 0 aliphatic carbocycles. The van der Waals surface area contributed by atoms with Gasteiger partial charge in [-0.3, -0.25) is 9.78 Å². The molecule has 0 spiro atoms. The van der Waals surface area contributed by atoms with Crippen molar-refractivity contribution in [2.24, 2.45) is 0 Å². The molecular weight excluding hydrogens is 252 g/mol. The molecular formula is C15H12N4O. The van der Waals surface area contributed by atoms with Crippen LogP contribution in [0.5, 0.6) is 0 Å². The van der Waals surface area contributed by atoms with E-state index in [4.69, 9.17) is 0 Å². The van der Waals surface area contributed by atoms with Gasteiger partial charge in [-0.1, -0.05) is 18.2 Å². The van der Waals surface area contributed by atoms with Crippen LogP contribution in [0.1, 0.15) is 16.3 Å². The van der Waals surface area contributed by atoms with Gasteiger partial charge >= 0.3 is 0 Å². The molecule has 0 atom stereocenters. The summed E-state index contributed by atoms with van der Waals surface area (Å²) in [6, 6.07) is 11.2. The smallest absolute Gasteiger partial charge is 0.293 e. The van der Waals surface area contributed by atoms with Crippen LogP contribution in [-0.2, 0) is 0 Å². The fraction of sp³-hybridized carbons (Fsp3) is 0.0667. The lowest BCUT2D eigenvalue weighted by Gasteiger charge is -2.07. The highest BCUT2D eigenvalue weighted by atomic mass is 16.2. The number of nitrogens with one attached hydrogen (secondary N) is 1. The Morgan fingerprint density at radius 1 is 1.05 bits per heavy atom. The van der Waals surface area contributed by atoms with E-state index in [0.29, 0.717) is 5.69 Å². The average molecular weight is 264 g/mol. The summed E-state index contributed by atoms with van der Waals surface area (Å²) in [5.74, 6) is -0.210. The van der Waals surface area contributed by atoms with Crippen molar-refractivity contribution in [2.75, 3.05) is 5.32 Å². The van der Waals surface area contributed by atoms with E-state index >= 15 is 0 Å². The quantitative estimate of drug-likeness (QED) is 0.772. The third-order valence-corrected chi connectivity index (χ3v) is 2.88. The first-order valence-electron chi connectivity index (χ1n) is 6.19. The minimum Gasteiger partial charge on any atom is -0.317 e. The van der Waals surface area contributed by atoms with Gasteiger partial charge in [0, 0.05) is 23.5 Å². The van der Waals surface area contributed by atoms with Crippen LogP contribution in [-0.4, -0.2) is 20.9 Å². The Balaban J connectivity index is 1.99. The van der Waals surface area contributed by atoms with Crippen molar-refractivity contribution in [3.05, 3.63) is 60.3 Å². The van der Waals surface area contributed by atoms with Crippen LogP contribution < -0.4 is 5.32 Å². The lowest BCUT2D eigenvalue weighted by molar-refractivity contribution is 0.101. The van der Waals surface area contributed by atoms with Crippen molar-refractivity contribution in [1.29, 1.82) is 0 Å². The van der Waals surface area contributed by atoms with E-state index in [-0.39, 0.29) is 11.7 Å². The molecule has 0 radical (unpaired) electrons. The van der Waals surface area contributed by atoms with Crippen molar-refractivity contribution < 1.29 is 4.79 Å². The van der Waals surface area contributed by atoms with Crippen LogP contribution in [0.4, 0.5) is 5.69 Å². The Bertz CT molecular complexity index is 771. The summed E-state index contributed by atoms with van der Waals surface area (Å²) in [4.78, 5) is 24.4. The second-order valence-corrected chi connectivity index (χ2v) is 4.36. The molecule has 98 valence electrons. The van der Waals surface area contributed by atoms with Crippen LogP contribution in [0.2, 0.25) is 0 Å². The highest BCUT2D eigenvalue weighted by Gasteiger charge is 2.11. The minimum atomic E-state index is -0.346. The van der Waals surface area contributed by atoms with Gasteiger partial charge in [0.2, 0.25) is 5.82 Å². The van der Waals surface area contributed by atoms with Crippen LogP contribution in [0, 0.1) is 6.92 Å². The van der Waals surface area contributed by atoms with Crippen LogP contribution in [0.25, 0.3) is 10.9 Å². The first-order chi connectivity index (χ1) is 9.74. The highest BCUT2D eigenvalue weighted by molar-refractivity contribution is 6.06. The van der Waals surface area contributed by atoms with Crippen LogP contribution in [0.3, 0.4) is 0 Å². The maximum atomic E-state index is 12.1. The molecule has 5 heteroatoms. The van der Waals surface area contributed by atoms with E-state index in [2.05, 4.69) is 20.3 Å². The van der Waals surface area contributed by atoms with Gasteiger partial charge in [-0.05, 0) is 25.1 Å². The van der Waals surface area contributed by atoms with Crippen LogP contribution in [0.15, 0.2) is 48.8 Å². The van der Waals surface area contributed by atoms with Gasteiger partial charge in [-0.15, -0.1) is 0 Å². The van der Waals surface area contributed by atoms with E-state index < -0.39 is 0 Å². The SMILES string of the molecule is Cc1ccc2cccc(NC(=O)c3ncccn3)c2n1. The highest BCUT2D eigenvalue weighted by Crippen LogP contribution is 2.21. The first-order valence-corrected chi connectivity index (χ1v) is 6.19. The molecule has 0 saturated carbocycles. The fourth-order valence-corrected chi connectivity index (χ4v) is 1.94. The lowest BCUT2D eigenvalue weighted by atomic mass is 10.1. The van der Waals surface area contributed by atoms with Crippen molar-refractivity contribution in [1.82, 2.24) is 15.0 Å². The number of hydrogen-bond acceptors (Lipinski definition) is 4. The number of carbonyl (C=O) groups excluding carboxylic acids is 1. The number of benzene rings is 1. The summed E-state index contributed by atoms with van der Waals surface area (Å²) in [6.45, 7) is 1.92.